The summed E-state index contributed by atoms with van der Waals surface area (Å²) in [5.74, 6) is -2.85. The van der Waals surface area contributed by atoms with Crippen LogP contribution in [0.3, 0.4) is 0 Å². The topological polar surface area (TPSA) is 189 Å². The molecule has 0 radical (unpaired) electrons. The van der Waals surface area contributed by atoms with E-state index in [0.717, 1.165) is 0 Å². The lowest BCUT2D eigenvalue weighted by Gasteiger charge is -2.58. The van der Waals surface area contributed by atoms with Crippen LogP contribution in [0.4, 0.5) is 8.78 Å². The van der Waals surface area contributed by atoms with Gasteiger partial charge in [-0.05, 0) is 97.1 Å². The molecule has 11 nitrogen and oxygen atoms in total. The summed E-state index contributed by atoms with van der Waals surface area (Å²) in [6.07, 6.45) is 2.35. The molecule has 1 N–H and O–H groups in total. The van der Waals surface area contributed by atoms with E-state index in [1.54, 1.807) is 6.92 Å². The molecule has 4 saturated carbocycles. The molecule has 0 amide bonds. The third kappa shape index (κ3) is 8.90. The van der Waals surface area contributed by atoms with E-state index in [9.17, 15) is 49.3 Å². The molecule has 0 spiro atoms. The zero-order chi connectivity index (χ0) is 43.8. The molecular formula is C44H50F2O11S3. The van der Waals surface area contributed by atoms with Crippen molar-refractivity contribution in [2.45, 2.75) is 104 Å². The Morgan fingerprint density at radius 3 is 1.85 bits per heavy atom. The summed E-state index contributed by atoms with van der Waals surface area (Å²) in [5.41, 5.74) is -5.11. The summed E-state index contributed by atoms with van der Waals surface area (Å²) < 4.78 is 96.1. The molecule has 0 aromatic heterocycles. The van der Waals surface area contributed by atoms with Crippen molar-refractivity contribution < 1.29 is 58.6 Å². The second-order valence-electron chi connectivity index (χ2n) is 17.1. The minimum atomic E-state index is -6.61. The van der Waals surface area contributed by atoms with Gasteiger partial charge in [0.15, 0.2) is 24.8 Å². The third-order valence-corrected chi connectivity index (χ3v) is 18.0. The summed E-state index contributed by atoms with van der Waals surface area (Å²) in [4.78, 5) is 55.8. The molecule has 9 atom stereocenters. The fourth-order valence-corrected chi connectivity index (χ4v) is 14.3. The molecule has 0 heterocycles. The highest BCUT2D eigenvalue weighted by Crippen LogP contribution is 2.66. The van der Waals surface area contributed by atoms with E-state index in [1.807, 2.05) is 6.92 Å². The van der Waals surface area contributed by atoms with Crippen LogP contribution in [-0.4, -0.2) is 60.0 Å². The first-order chi connectivity index (χ1) is 28.1. The van der Waals surface area contributed by atoms with Crippen LogP contribution in [0.25, 0.3) is 0 Å². The van der Waals surface area contributed by atoms with E-state index < -0.39 is 48.7 Å². The van der Waals surface area contributed by atoms with Crippen LogP contribution in [-0.2, 0) is 55.0 Å². The monoisotopic (exact) mass is 888 g/mol. The maximum atomic E-state index is 13.9. The Morgan fingerprint density at radius 1 is 0.850 bits per heavy atom. The highest BCUT2D eigenvalue weighted by Gasteiger charge is 2.66. The summed E-state index contributed by atoms with van der Waals surface area (Å²) in [7, 11) is -12.6. The Bertz CT molecular complexity index is 2200. The molecule has 9 unspecified atom stereocenters. The molecule has 0 saturated heterocycles. The van der Waals surface area contributed by atoms with Gasteiger partial charge in [0.1, 0.15) is 17.3 Å². The number of ketones is 3. The number of alkyl halides is 2. The molecule has 324 valence electrons. The number of benzene rings is 3. The molecule has 60 heavy (non-hydrogen) atoms. The molecule has 0 bridgehead atoms. The number of hydrogen-bond acceptors (Lipinski definition) is 10. The van der Waals surface area contributed by atoms with Gasteiger partial charge in [0.2, 0.25) is 0 Å². The smallest absolute Gasteiger partial charge is 0.387 e. The van der Waals surface area contributed by atoms with Gasteiger partial charge in [-0.15, -0.1) is 0 Å². The first-order valence-electron chi connectivity index (χ1n) is 20.1. The number of rotatable bonds is 11. The minimum Gasteiger partial charge on any atom is -0.743 e. The lowest BCUT2D eigenvalue weighted by molar-refractivity contribution is -0.166. The number of esters is 1. The van der Waals surface area contributed by atoms with Crippen LogP contribution in [0, 0.1) is 46.3 Å². The van der Waals surface area contributed by atoms with Crippen molar-refractivity contribution in [2.75, 3.05) is 0 Å². The maximum absolute atomic E-state index is 13.9. The van der Waals surface area contributed by atoms with Crippen molar-refractivity contribution in [3.63, 3.8) is 0 Å². The third-order valence-electron chi connectivity index (χ3n) is 13.8. The lowest BCUT2D eigenvalue weighted by atomic mass is 9.44. The predicted molar refractivity (Wildman–Crippen MR) is 217 cm³/mol. The molecule has 3 aromatic rings. The fourth-order valence-electron chi connectivity index (χ4n) is 10.6. The normalized spacial score (nSPS) is 29.0. The van der Waals surface area contributed by atoms with Gasteiger partial charge in [-0.2, -0.15) is 17.2 Å². The van der Waals surface area contributed by atoms with Crippen LogP contribution in [0.2, 0.25) is 0 Å². The van der Waals surface area contributed by atoms with Crippen LogP contribution >= 0.6 is 0 Å². The molecular weight excluding hydrogens is 839 g/mol. The van der Waals surface area contributed by atoms with E-state index in [-0.39, 0.29) is 82.0 Å². The number of carbonyl (C=O) groups excluding carboxylic acids is 4. The van der Waals surface area contributed by atoms with E-state index in [4.69, 9.17) is 4.55 Å². The zero-order valence-corrected chi connectivity index (χ0v) is 36.0. The molecule has 16 heteroatoms. The van der Waals surface area contributed by atoms with Crippen molar-refractivity contribution in [3.8, 4) is 0 Å². The van der Waals surface area contributed by atoms with Crippen LogP contribution in [0.1, 0.15) is 78.6 Å². The fraction of sp³-hybridized carbons (Fsp3) is 0.500. The van der Waals surface area contributed by atoms with E-state index in [2.05, 4.69) is 103 Å². The van der Waals surface area contributed by atoms with Gasteiger partial charge in [-0.1, -0.05) is 75.4 Å². The number of Topliss-reactive ketones (excluding diaryl/α,β-unsaturated/α-hetero) is 3. The van der Waals surface area contributed by atoms with Crippen molar-refractivity contribution in [3.05, 3.63) is 91.0 Å². The molecule has 7 rings (SSSR count). The largest absolute Gasteiger partial charge is 0.743 e. The highest BCUT2D eigenvalue weighted by atomic mass is 32.2. The Labute approximate surface area is 352 Å². The number of halogens is 2. The molecule has 4 aliphatic rings. The first-order valence-corrected chi connectivity index (χ1v) is 24.2. The van der Waals surface area contributed by atoms with Gasteiger partial charge in [0.25, 0.3) is 0 Å². The Morgan fingerprint density at radius 2 is 1.37 bits per heavy atom. The molecule has 3 aromatic carbocycles. The SMILES string of the molecule is CC(CCC(=O)OC(C(F)(F)S(=O)(=O)[O-])S(=O)(=O)O)C1CCC2C3C(=O)CC4CC(=O)CCC4(C)C3CC(=O)C12C.c1ccc([S+](c2ccccc2)c2ccccc2)cc1. The number of carbonyl (C=O) groups is 4. The van der Waals surface area contributed by atoms with Crippen molar-refractivity contribution in [1.82, 2.24) is 0 Å². The Balaban J connectivity index is 0.000000263. The summed E-state index contributed by atoms with van der Waals surface area (Å²) in [5, 5.41) is -5.63. The Kier molecular flexibility index (Phi) is 13.3. The lowest BCUT2D eigenvalue weighted by Crippen LogP contribution is -2.60. The standard InChI is InChI=1S/C26H36F2O11S2.C18H15S/c1-13(4-7-21(32)39-23(40(33,34)35)26(27,28)41(36,37)38)16-5-6-17-22-18(12-20(31)25(16,17)3)24(2)9-8-15(29)10-14(24)11-19(22)30;1-4-10-16(11-5-1)19(17-12-6-2-7-13-17)18-14-8-3-9-15-18/h13-14,16-18,22-23H,4-12H2,1-3H3,(H,33,34,35)(H,36,37,38);1-15H/q;+1/p-1. The Hall–Kier alpha value is -3.83. The molecule has 0 aliphatic heterocycles. The zero-order valence-electron chi connectivity index (χ0n) is 33.6. The molecule has 4 fully saturated rings. The maximum Gasteiger partial charge on any atom is 0.387 e. The molecule has 4 aliphatic carbocycles. The van der Waals surface area contributed by atoms with Crippen molar-refractivity contribution >= 4 is 54.5 Å². The van der Waals surface area contributed by atoms with Gasteiger partial charge in [0, 0.05) is 43.4 Å². The van der Waals surface area contributed by atoms with Crippen LogP contribution < -0.4 is 0 Å². The van der Waals surface area contributed by atoms with Gasteiger partial charge in [-0.25, -0.2) is 8.42 Å². The average Bonchev–Trinajstić information content (AvgIpc) is 3.56. The predicted octanol–water partition coefficient (Wildman–Crippen LogP) is 7.67. The number of ether oxygens (including phenoxy) is 1. The second-order valence-corrected chi connectivity index (χ2v) is 22.0. The average molecular weight is 889 g/mol. The summed E-state index contributed by atoms with van der Waals surface area (Å²) >= 11 is 0. The van der Waals surface area contributed by atoms with Crippen molar-refractivity contribution in [1.29, 1.82) is 0 Å². The van der Waals surface area contributed by atoms with Gasteiger partial charge < -0.3 is 9.29 Å². The van der Waals surface area contributed by atoms with Crippen molar-refractivity contribution in [2.24, 2.45) is 46.3 Å². The number of fused-ring (bicyclic) bond motifs is 5. The van der Waals surface area contributed by atoms with E-state index in [1.165, 1.54) is 14.7 Å². The van der Waals surface area contributed by atoms with E-state index >= 15 is 0 Å². The van der Waals surface area contributed by atoms with Gasteiger partial charge >= 0.3 is 26.8 Å². The van der Waals surface area contributed by atoms with Crippen LogP contribution in [0.5, 0.6) is 0 Å². The van der Waals surface area contributed by atoms with Gasteiger partial charge in [-0.3, -0.25) is 23.7 Å². The van der Waals surface area contributed by atoms with Gasteiger partial charge in [0.05, 0.1) is 10.9 Å². The first kappa shape index (κ1) is 45.7. The summed E-state index contributed by atoms with van der Waals surface area (Å²) in [6, 6.07) is 32.2. The summed E-state index contributed by atoms with van der Waals surface area (Å²) in [6.45, 7) is 5.64. The number of hydrogen-bond donors (Lipinski definition) is 1. The quantitative estimate of drug-likeness (QED) is 0.113. The van der Waals surface area contributed by atoms with E-state index in [0.29, 0.717) is 38.5 Å². The minimum absolute atomic E-state index is 0.000941. The highest BCUT2D eigenvalue weighted by molar-refractivity contribution is 7.97. The van der Waals surface area contributed by atoms with Crippen LogP contribution in [0.15, 0.2) is 106 Å². The second kappa shape index (κ2) is 17.5.